The van der Waals surface area contributed by atoms with E-state index in [4.69, 9.17) is 34.8 Å². The first-order valence-corrected chi connectivity index (χ1v) is 15.2. The molecule has 1 unspecified atom stereocenters. The quantitative estimate of drug-likeness (QED) is 0.270. The fraction of sp³-hybridized carbons (Fsp3) is 0.310. The van der Waals surface area contributed by atoms with Crippen LogP contribution in [0.15, 0.2) is 71.6 Å². The van der Waals surface area contributed by atoms with E-state index in [2.05, 4.69) is 5.32 Å². The first kappa shape index (κ1) is 31.7. The number of benzene rings is 3. The Balaban J connectivity index is 2.06. The number of nitrogens with one attached hydrogen (secondary N) is 1. The molecule has 0 aromatic heterocycles. The third kappa shape index (κ3) is 7.69. The van der Waals surface area contributed by atoms with E-state index in [1.165, 1.54) is 17.0 Å². The van der Waals surface area contributed by atoms with Gasteiger partial charge in [-0.2, -0.15) is 0 Å². The van der Waals surface area contributed by atoms with Gasteiger partial charge in [-0.15, -0.1) is 0 Å². The lowest BCUT2D eigenvalue weighted by Crippen LogP contribution is -2.51. The monoisotopic (exact) mass is 623 g/mol. The van der Waals surface area contributed by atoms with Crippen molar-refractivity contribution in [3.8, 4) is 0 Å². The summed E-state index contributed by atoms with van der Waals surface area (Å²) in [6.45, 7) is 7.07. The molecule has 1 N–H and O–H groups in total. The van der Waals surface area contributed by atoms with Crippen molar-refractivity contribution in [1.82, 2.24) is 10.2 Å². The summed E-state index contributed by atoms with van der Waals surface area (Å²) in [5, 5.41) is 3.85. The fourth-order valence-corrected chi connectivity index (χ4v) is 5.95. The van der Waals surface area contributed by atoms with E-state index >= 15 is 0 Å². The van der Waals surface area contributed by atoms with Gasteiger partial charge in [0, 0.05) is 18.1 Å². The maximum absolute atomic E-state index is 14.0. The number of hydrogen-bond acceptors (Lipinski definition) is 4. The topological polar surface area (TPSA) is 86.8 Å². The number of amides is 2. The summed E-state index contributed by atoms with van der Waals surface area (Å²) in [5.74, 6) is -0.747. The molecule has 0 spiro atoms. The standard InChI is InChI=1S/C29H32Cl3N3O4S/c1-19(2)16-33-29(37)21(4)34(17-22-13-14-25(31)26(32)15-22)28(36)18-35(27-12-8-11-24(30)20(27)3)40(38,39)23-9-6-5-7-10-23/h5-15,19,21H,16-18H2,1-4H3,(H,33,37). The Labute approximate surface area is 251 Å². The Morgan fingerprint density at radius 2 is 1.55 bits per heavy atom. The van der Waals surface area contributed by atoms with E-state index in [0.29, 0.717) is 32.7 Å². The van der Waals surface area contributed by atoms with Crippen LogP contribution in [-0.2, 0) is 26.2 Å². The van der Waals surface area contributed by atoms with Crippen molar-refractivity contribution >= 4 is 62.3 Å². The predicted molar refractivity (Wildman–Crippen MR) is 161 cm³/mol. The van der Waals surface area contributed by atoms with E-state index in [1.54, 1.807) is 68.4 Å². The van der Waals surface area contributed by atoms with E-state index in [9.17, 15) is 18.0 Å². The van der Waals surface area contributed by atoms with E-state index in [-0.39, 0.29) is 29.0 Å². The van der Waals surface area contributed by atoms with Gasteiger partial charge in [-0.1, -0.05) is 79.0 Å². The SMILES string of the molecule is Cc1c(Cl)cccc1N(CC(=O)N(Cc1ccc(Cl)c(Cl)c1)C(C)C(=O)NCC(C)C)S(=O)(=O)c1ccccc1. The summed E-state index contributed by atoms with van der Waals surface area (Å²) in [5.41, 5.74) is 1.38. The first-order valence-electron chi connectivity index (χ1n) is 12.7. The van der Waals surface area contributed by atoms with Gasteiger partial charge in [-0.25, -0.2) is 8.42 Å². The number of halogens is 3. The molecule has 0 heterocycles. The highest BCUT2D eigenvalue weighted by atomic mass is 35.5. The molecule has 7 nitrogen and oxygen atoms in total. The molecule has 0 aliphatic heterocycles. The number of sulfonamides is 1. The normalized spacial score (nSPS) is 12.2. The third-order valence-electron chi connectivity index (χ3n) is 6.31. The summed E-state index contributed by atoms with van der Waals surface area (Å²) >= 11 is 18.6. The highest BCUT2D eigenvalue weighted by molar-refractivity contribution is 7.92. The molecule has 1 atom stereocenters. The summed E-state index contributed by atoms with van der Waals surface area (Å²) in [4.78, 5) is 28.4. The van der Waals surface area contributed by atoms with Gasteiger partial charge >= 0.3 is 0 Å². The van der Waals surface area contributed by atoms with Crippen molar-refractivity contribution in [3.63, 3.8) is 0 Å². The van der Waals surface area contributed by atoms with Crippen molar-refractivity contribution in [3.05, 3.63) is 92.9 Å². The molecule has 0 aliphatic rings. The zero-order valence-corrected chi connectivity index (χ0v) is 25.8. The fourth-order valence-electron chi connectivity index (χ4n) is 3.97. The van der Waals surface area contributed by atoms with Gasteiger partial charge in [0.05, 0.1) is 20.6 Å². The molecule has 0 saturated carbocycles. The zero-order chi connectivity index (χ0) is 29.6. The zero-order valence-electron chi connectivity index (χ0n) is 22.7. The Kier molecular flexibility index (Phi) is 10.9. The van der Waals surface area contributed by atoms with E-state index < -0.39 is 28.5 Å². The highest BCUT2D eigenvalue weighted by Gasteiger charge is 2.33. The predicted octanol–water partition coefficient (Wildman–Crippen LogP) is 6.34. The molecule has 0 bridgehead atoms. The second-order valence-corrected chi connectivity index (χ2v) is 12.9. The Bertz CT molecular complexity index is 1470. The highest BCUT2D eigenvalue weighted by Crippen LogP contribution is 2.31. The molecule has 0 fully saturated rings. The van der Waals surface area contributed by atoms with Gasteiger partial charge in [0.25, 0.3) is 10.0 Å². The van der Waals surface area contributed by atoms with Crippen LogP contribution < -0.4 is 9.62 Å². The molecular formula is C29H32Cl3N3O4S. The molecule has 11 heteroatoms. The summed E-state index contributed by atoms with van der Waals surface area (Å²) in [6, 6.07) is 16.7. The molecule has 214 valence electrons. The smallest absolute Gasteiger partial charge is 0.264 e. The average molecular weight is 625 g/mol. The van der Waals surface area contributed by atoms with E-state index in [0.717, 1.165) is 4.31 Å². The van der Waals surface area contributed by atoms with Crippen LogP contribution in [0.1, 0.15) is 31.9 Å². The first-order chi connectivity index (χ1) is 18.8. The van der Waals surface area contributed by atoms with Crippen LogP contribution in [0.4, 0.5) is 5.69 Å². The molecule has 0 radical (unpaired) electrons. The second kappa shape index (κ2) is 13.7. The number of anilines is 1. The lowest BCUT2D eigenvalue weighted by atomic mass is 10.1. The van der Waals surface area contributed by atoms with Gasteiger partial charge in [0.15, 0.2) is 0 Å². The molecule has 0 saturated heterocycles. The second-order valence-electron chi connectivity index (χ2n) is 9.79. The van der Waals surface area contributed by atoms with Crippen LogP contribution >= 0.6 is 34.8 Å². The number of nitrogens with zero attached hydrogens (tertiary/aromatic N) is 2. The molecule has 3 rings (SSSR count). The summed E-state index contributed by atoms with van der Waals surface area (Å²) in [7, 11) is -4.19. The largest absolute Gasteiger partial charge is 0.354 e. The van der Waals surface area contributed by atoms with Crippen molar-refractivity contribution < 1.29 is 18.0 Å². The Hall–Kier alpha value is -2.78. The molecule has 40 heavy (non-hydrogen) atoms. The van der Waals surface area contributed by atoms with Crippen LogP contribution in [0.25, 0.3) is 0 Å². The minimum atomic E-state index is -4.19. The Morgan fingerprint density at radius 1 is 0.875 bits per heavy atom. The third-order valence-corrected chi connectivity index (χ3v) is 9.23. The molecular weight excluding hydrogens is 593 g/mol. The van der Waals surface area contributed by atoms with Gasteiger partial charge in [0.1, 0.15) is 12.6 Å². The lowest BCUT2D eigenvalue weighted by molar-refractivity contribution is -0.139. The van der Waals surface area contributed by atoms with Gasteiger partial charge < -0.3 is 10.2 Å². The molecule has 0 aliphatic carbocycles. The Morgan fingerprint density at radius 3 is 2.17 bits per heavy atom. The van der Waals surface area contributed by atoms with Crippen molar-refractivity contribution in [2.24, 2.45) is 5.92 Å². The number of rotatable bonds is 11. The lowest BCUT2D eigenvalue weighted by Gasteiger charge is -2.32. The van der Waals surface area contributed by atoms with Gasteiger partial charge in [-0.05, 0) is 67.3 Å². The van der Waals surface area contributed by atoms with Crippen molar-refractivity contribution in [2.75, 3.05) is 17.4 Å². The maximum Gasteiger partial charge on any atom is 0.264 e. The minimum absolute atomic E-state index is 0.000258. The van der Waals surface area contributed by atoms with Gasteiger partial charge in [-0.3, -0.25) is 13.9 Å². The average Bonchev–Trinajstić information content (AvgIpc) is 2.92. The van der Waals surface area contributed by atoms with Crippen molar-refractivity contribution in [1.29, 1.82) is 0 Å². The van der Waals surface area contributed by atoms with E-state index in [1.807, 2.05) is 13.8 Å². The van der Waals surface area contributed by atoms with Crippen LogP contribution in [0.3, 0.4) is 0 Å². The summed E-state index contributed by atoms with van der Waals surface area (Å²) in [6.07, 6.45) is 0. The number of hydrogen-bond donors (Lipinski definition) is 1. The summed E-state index contributed by atoms with van der Waals surface area (Å²) < 4.78 is 28.8. The molecule has 3 aromatic rings. The van der Waals surface area contributed by atoms with Crippen molar-refractivity contribution in [2.45, 2.75) is 45.2 Å². The van der Waals surface area contributed by atoms with Gasteiger partial charge in [0.2, 0.25) is 11.8 Å². The van der Waals surface area contributed by atoms with Crippen LogP contribution in [0.5, 0.6) is 0 Å². The molecule has 3 aromatic carbocycles. The number of carbonyl (C=O) groups is 2. The number of carbonyl (C=O) groups excluding carboxylic acids is 2. The van der Waals surface area contributed by atoms with Crippen LogP contribution in [-0.4, -0.2) is 44.3 Å². The minimum Gasteiger partial charge on any atom is -0.354 e. The van der Waals surface area contributed by atoms with Crippen LogP contribution in [0.2, 0.25) is 15.1 Å². The molecule has 2 amide bonds. The van der Waals surface area contributed by atoms with Crippen LogP contribution in [0, 0.1) is 12.8 Å². The maximum atomic E-state index is 14.0.